The fourth-order valence-corrected chi connectivity index (χ4v) is 3.41. The first kappa shape index (κ1) is 15.7. The molecule has 3 nitrogen and oxygen atoms in total. The molecule has 0 saturated heterocycles. The number of hydrogen-bond donors (Lipinski definition) is 0. The van der Waals surface area contributed by atoms with Crippen molar-refractivity contribution in [3.63, 3.8) is 0 Å². The van der Waals surface area contributed by atoms with Crippen LogP contribution in [-0.2, 0) is 11.9 Å². The molecular formula is C14H14Br2O3S. The fourth-order valence-electron chi connectivity index (χ4n) is 1.73. The second-order valence-electron chi connectivity index (χ2n) is 3.98. The summed E-state index contributed by atoms with van der Waals surface area (Å²) in [7, 11) is 3.25. The van der Waals surface area contributed by atoms with E-state index in [-0.39, 0.29) is 0 Å². The molecule has 0 aliphatic heterocycles. The maximum atomic E-state index is 5.87. The lowest BCUT2D eigenvalue weighted by molar-refractivity contribution is 0.268. The maximum absolute atomic E-state index is 5.87. The topological polar surface area (TPSA) is 27.7 Å². The van der Waals surface area contributed by atoms with Crippen molar-refractivity contribution in [1.29, 1.82) is 0 Å². The van der Waals surface area contributed by atoms with E-state index in [0.29, 0.717) is 23.9 Å². The zero-order chi connectivity index (χ0) is 14.5. The Morgan fingerprint density at radius 1 is 1.10 bits per heavy atom. The Kier molecular flexibility index (Phi) is 5.74. The first-order valence-electron chi connectivity index (χ1n) is 5.84. The molecule has 0 bridgehead atoms. The van der Waals surface area contributed by atoms with Gasteiger partial charge in [0.05, 0.1) is 14.2 Å². The van der Waals surface area contributed by atoms with Gasteiger partial charge >= 0.3 is 0 Å². The van der Waals surface area contributed by atoms with Gasteiger partial charge in [-0.2, -0.15) is 0 Å². The summed E-state index contributed by atoms with van der Waals surface area (Å²) in [5.74, 6) is 1.98. The van der Waals surface area contributed by atoms with E-state index in [1.54, 1.807) is 25.6 Å². The molecule has 2 aromatic rings. The first-order chi connectivity index (χ1) is 9.67. The Morgan fingerprint density at radius 3 is 2.20 bits per heavy atom. The van der Waals surface area contributed by atoms with Crippen LogP contribution in [0.3, 0.4) is 0 Å². The van der Waals surface area contributed by atoms with Gasteiger partial charge in [0, 0.05) is 20.1 Å². The number of halogens is 2. The van der Waals surface area contributed by atoms with Gasteiger partial charge in [-0.3, -0.25) is 0 Å². The SMILES string of the molecule is COc1cc(CBr)cc(OC)c1OCc1cc(Br)cs1. The van der Waals surface area contributed by atoms with E-state index in [2.05, 4.69) is 31.9 Å². The number of methoxy groups -OCH3 is 2. The highest BCUT2D eigenvalue weighted by atomic mass is 79.9. The van der Waals surface area contributed by atoms with Gasteiger partial charge in [-0.05, 0) is 39.7 Å². The second-order valence-corrected chi connectivity index (χ2v) is 6.46. The van der Waals surface area contributed by atoms with E-state index in [9.17, 15) is 0 Å². The summed E-state index contributed by atoms with van der Waals surface area (Å²) in [5.41, 5.74) is 1.07. The molecule has 2 rings (SSSR count). The van der Waals surface area contributed by atoms with Gasteiger partial charge in [0.1, 0.15) is 6.61 Å². The lowest BCUT2D eigenvalue weighted by Crippen LogP contribution is -2.00. The summed E-state index contributed by atoms with van der Waals surface area (Å²) in [6.45, 7) is 0.483. The van der Waals surface area contributed by atoms with Gasteiger partial charge in [0.25, 0.3) is 0 Å². The van der Waals surface area contributed by atoms with Crippen molar-refractivity contribution in [2.45, 2.75) is 11.9 Å². The summed E-state index contributed by atoms with van der Waals surface area (Å²) < 4.78 is 17.7. The van der Waals surface area contributed by atoms with Gasteiger partial charge in [0.15, 0.2) is 11.5 Å². The molecule has 1 heterocycles. The largest absolute Gasteiger partial charge is 0.493 e. The van der Waals surface area contributed by atoms with Crippen LogP contribution in [0.15, 0.2) is 28.1 Å². The van der Waals surface area contributed by atoms with E-state index < -0.39 is 0 Å². The summed E-state index contributed by atoms with van der Waals surface area (Å²) >= 11 is 8.51. The van der Waals surface area contributed by atoms with Crippen LogP contribution in [0.4, 0.5) is 0 Å². The number of hydrogen-bond acceptors (Lipinski definition) is 4. The minimum Gasteiger partial charge on any atom is -0.493 e. The molecule has 0 saturated carbocycles. The average Bonchev–Trinajstić information content (AvgIpc) is 2.89. The zero-order valence-corrected chi connectivity index (χ0v) is 15.1. The van der Waals surface area contributed by atoms with Crippen LogP contribution in [0.2, 0.25) is 0 Å². The number of rotatable bonds is 6. The van der Waals surface area contributed by atoms with Gasteiger partial charge < -0.3 is 14.2 Å². The quantitative estimate of drug-likeness (QED) is 0.614. The van der Waals surface area contributed by atoms with Crippen LogP contribution in [0.1, 0.15) is 10.4 Å². The maximum Gasteiger partial charge on any atom is 0.203 e. The summed E-state index contributed by atoms with van der Waals surface area (Å²) in [6.07, 6.45) is 0. The fraction of sp³-hybridized carbons (Fsp3) is 0.286. The molecule has 1 aromatic carbocycles. The Labute approximate surface area is 139 Å². The Bertz CT molecular complexity index is 559. The van der Waals surface area contributed by atoms with Crippen LogP contribution < -0.4 is 14.2 Å². The minimum atomic E-state index is 0.483. The molecular weight excluding hydrogens is 408 g/mol. The van der Waals surface area contributed by atoms with Gasteiger partial charge in [-0.15, -0.1) is 11.3 Å². The molecule has 0 radical (unpaired) electrons. The van der Waals surface area contributed by atoms with Crippen molar-refractivity contribution in [2.75, 3.05) is 14.2 Å². The number of thiophene rings is 1. The van der Waals surface area contributed by atoms with Crippen LogP contribution in [0.5, 0.6) is 17.2 Å². The Balaban J connectivity index is 2.24. The molecule has 0 atom stereocenters. The third kappa shape index (κ3) is 3.68. The second kappa shape index (κ2) is 7.33. The molecule has 1 aromatic heterocycles. The molecule has 0 spiro atoms. The Hall–Kier alpha value is -0.720. The molecule has 0 aliphatic carbocycles. The number of ether oxygens (including phenoxy) is 3. The van der Waals surface area contributed by atoms with Crippen molar-refractivity contribution in [3.05, 3.63) is 38.5 Å². The van der Waals surface area contributed by atoms with Crippen molar-refractivity contribution in [1.82, 2.24) is 0 Å². The predicted molar refractivity (Wildman–Crippen MR) is 88.5 cm³/mol. The van der Waals surface area contributed by atoms with Crippen molar-refractivity contribution in [3.8, 4) is 17.2 Å². The highest BCUT2D eigenvalue weighted by Gasteiger charge is 2.14. The summed E-state index contributed by atoms with van der Waals surface area (Å²) in [5, 5.41) is 2.76. The van der Waals surface area contributed by atoms with Gasteiger partial charge in [-0.25, -0.2) is 0 Å². The minimum absolute atomic E-state index is 0.483. The van der Waals surface area contributed by atoms with Crippen molar-refractivity contribution >= 4 is 43.2 Å². The molecule has 0 amide bonds. The Morgan fingerprint density at radius 2 is 1.75 bits per heavy atom. The van der Waals surface area contributed by atoms with Crippen LogP contribution in [0.25, 0.3) is 0 Å². The van der Waals surface area contributed by atoms with Crippen LogP contribution >= 0.6 is 43.2 Å². The number of alkyl halides is 1. The van der Waals surface area contributed by atoms with Crippen molar-refractivity contribution in [2.24, 2.45) is 0 Å². The van der Waals surface area contributed by atoms with Crippen molar-refractivity contribution < 1.29 is 14.2 Å². The van der Waals surface area contributed by atoms with Crippen LogP contribution in [-0.4, -0.2) is 14.2 Å². The highest BCUT2D eigenvalue weighted by Crippen LogP contribution is 2.39. The van der Waals surface area contributed by atoms with E-state index in [1.807, 2.05) is 23.6 Å². The third-order valence-electron chi connectivity index (χ3n) is 2.66. The van der Waals surface area contributed by atoms with E-state index in [0.717, 1.165) is 20.2 Å². The van der Waals surface area contributed by atoms with Gasteiger partial charge in [0.2, 0.25) is 5.75 Å². The smallest absolute Gasteiger partial charge is 0.203 e. The lowest BCUT2D eigenvalue weighted by atomic mass is 10.2. The molecule has 0 unspecified atom stereocenters. The number of benzene rings is 1. The third-order valence-corrected chi connectivity index (χ3v) is 4.97. The standard InChI is InChI=1S/C14H14Br2O3S/c1-17-12-3-9(6-15)4-13(18-2)14(12)19-7-11-5-10(16)8-20-11/h3-5,8H,6-7H2,1-2H3. The molecule has 0 aliphatic rings. The van der Waals surface area contributed by atoms with Crippen LogP contribution in [0, 0.1) is 0 Å². The summed E-state index contributed by atoms with van der Waals surface area (Å²) in [6, 6.07) is 5.92. The molecule has 20 heavy (non-hydrogen) atoms. The van der Waals surface area contributed by atoms with E-state index in [4.69, 9.17) is 14.2 Å². The predicted octanol–water partition coefficient (Wildman–Crippen LogP) is 5.00. The molecule has 108 valence electrons. The summed E-state index contributed by atoms with van der Waals surface area (Å²) in [4.78, 5) is 1.13. The molecule has 0 N–H and O–H groups in total. The van der Waals surface area contributed by atoms with E-state index in [1.165, 1.54) is 0 Å². The molecule has 6 heteroatoms. The monoisotopic (exact) mass is 420 g/mol. The average molecular weight is 422 g/mol. The molecule has 0 fully saturated rings. The zero-order valence-electron chi connectivity index (χ0n) is 11.1. The van der Waals surface area contributed by atoms with E-state index >= 15 is 0 Å². The lowest BCUT2D eigenvalue weighted by Gasteiger charge is -2.15. The van der Waals surface area contributed by atoms with Gasteiger partial charge in [-0.1, -0.05) is 15.9 Å². The highest BCUT2D eigenvalue weighted by molar-refractivity contribution is 9.10. The first-order valence-corrected chi connectivity index (χ1v) is 8.64. The normalized spacial score (nSPS) is 10.4.